The minimum absolute atomic E-state index is 0.00470. The van der Waals surface area contributed by atoms with Crippen LogP contribution in [0.2, 0.25) is 0 Å². The maximum Gasteiger partial charge on any atom is 0.340 e. The number of H-pyrrole nitrogens is 2. The Morgan fingerprint density at radius 2 is 2.26 bits per heavy atom. The van der Waals surface area contributed by atoms with E-state index in [0.29, 0.717) is 24.3 Å². The zero-order chi connectivity index (χ0) is 13.8. The van der Waals surface area contributed by atoms with Gasteiger partial charge in [0.15, 0.2) is 0 Å². The summed E-state index contributed by atoms with van der Waals surface area (Å²) < 4.78 is 5.11. The Morgan fingerprint density at radius 3 is 2.84 bits per heavy atom. The van der Waals surface area contributed by atoms with Gasteiger partial charge in [-0.25, -0.2) is 4.79 Å². The van der Waals surface area contributed by atoms with Gasteiger partial charge < -0.3 is 19.8 Å². The van der Waals surface area contributed by atoms with Gasteiger partial charge in [0.2, 0.25) is 0 Å². The van der Waals surface area contributed by atoms with Crippen LogP contribution in [0.1, 0.15) is 28.5 Å². The highest BCUT2D eigenvalue weighted by Gasteiger charge is 2.23. The molecule has 3 N–H and O–H groups in total. The molecule has 5 nitrogen and oxygen atoms in total. The van der Waals surface area contributed by atoms with E-state index in [0.717, 1.165) is 17.0 Å². The Labute approximate surface area is 111 Å². The first-order chi connectivity index (χ1) is 9.19. The fraction of sp³-hybridized carbons (Fsp3) is 0.357. The summed E-state index contributed by atoms with van der Waals surface area (Å²) in [6.07, 6.45) is 2.23. The lowest BCUT2D eigenvalue weighted by Gasteiger charge is -2.06. The minimum Gasteiger partial charge on any atom is -0.462 e. The number of aromatic amines is 2. The Hall–Kier alpha value is -2.01. The lowest BCUT2D eigenvalue weighted by Crippen LogP contribution is -2.09. The van der Waals surface area contributed by atoms with Gasteiger partial charge in [-0.3, -0.25) is 0 Å². The van der Waals surface area contributed by atoms with E-state index >= 15 is 0 Å². The molecule has 0 aromatic carbocycles. The van der Waals surface area contributed by atoms with Gasteiger partial charge in [-0.05, 0) is 38.0 Å². The zero-order valence-electron chi connectivity index (χ0n) is 11.1. The van der Waals surface area contributed by atoms with E-state index in [1.807, 2.05) is 19.1 Å². The van der Waals surface area contributed by atoms with Gasteiger partial charge in [0.1, 0.15) is 0 Å². The monoisotopic (exact) mass is 262 g/mol. The van der Waals surface area contributed by atoms with Crippen molar-refractivity contribution in [3.63, 3.8) is 0 Å². The number of esters is 1. The van der Waals surface area contributed by atoms with Gasteiger partial charge in [-0.2, -0.15) is 0 Å². The maximum absolute atomic E-state index is 12.1. The summed E-state index contributed by atoms with van der Waals surface area (Å²) in [7, 11) is 0. The van der Waals surface area contributed by atoms with Crippen LogP contribution in [0.4, 0.5) is 0 Å². The first kappa shape index (κ1) is 13.4. The van der Waals surface area contributed by atoms with E-state index in [-0.39, 0.29) is 12.6 Å². The second kappa shape index (κ2) is 5.75. The predicted octanol–water partition coefficient (Wildman–Crippen LogP) is 2.03. The molecule has 2 heterocycles. The SMILES string of the molecule is CCOC(=O)c1c(-c2ccc[nH]2)[nH]c(C)c1CCO. The molecular formula is C14H18N2O3. The highest BCUT2D eigenvalue weighted by molar-refractivity contribution is 5.98. The highest BCUT2D eigenvalue weighted by atomic mass is 16.5. The molecule has 19 heavy (non-hydrogen) atoms. The summed E-state index contributed by atoms with van der Waals surface area (Å²) in [5.74, 6) is -0.361. The number of hydrogen-bond donors (Lipinski definition) is 3. The molecule has 0 fully saturated rings. The van der Waals surface area contributed by atoms with Gasteiger partial charge in [-0.1, -0.05) is 0 Å². The van der Waals surface area contributed by atoms with Crippen molar-refractivity contribution in [1.82, 2.24) is 9.97 Å². The molecule has 2 aromatic heterocycles. The van der Waals surface area contributed by atoms with Crippen LogP contribution in [0.25, 0.3) is 11.4 Å². The lowest BCUT2D eigenvalue weighted by molar-refractivity contribution is 0.0526. The molecule has 0 bridgehead atoms. The van der Waals surface area contributed by atoms with Crippen LogP contribution in [0.5, 0.6) is 0 Å². The molecule has 2 rings (SSSR count). The molecule has 2 aromatic rings. The summed E-state index contributed by atoms with van der Waals surface area (Å²) in [6.45, 7) is 3.98. The van der Waals surface area contributed by atoms with Gasteiger partial charge in [0, 0.05) is 18.5 Å². The van der Waals surface area contributed by atoms with Crippen molar-refractivity contribution >= 4 is 5.97 Å². The smallest absolute Gasteiger partial charge is 0.340 e. The van der Waals surface area contributed by atoms with E-state index in [9.17, 15) is 4.79 Å². The predicted molar refractivity (Wildman–Crippen MR) is 72.1 cm³/mol. The van der Waals surface area contributed by atoms with E-state index in [1.165, 1.54) is 0 Å². The van der Waals surface area contributed by atoms with Crippen LogP contribution in [-0.2, 0) is 11.2 Å². The number of aromatic nitrogens is 2. The fourth-order valence-electron chi connectivity index (χ4n) is 2.20. The van der Waals surface area contributed by atoms with Gasteiger partial charge in [-0.15, -0.1) is 0 Å². The van der Waals surface area contributed by atoms with Crippen LogP contribution < -0.4 is 0 Å². The van der Waals surface area contributed by atoms with Gasteiger partial charge in [0.25, 0.3) is 0 Å². The molecule has 0 aliphatic rings. The molecule has 0 aliphatic carbocycles. The van der Waals surface area contributed by atoms with Crippen molar-refractivity contribution in [2.75, 3.05) is 13.2 Å². The zero-order valence-corrected chi connectivity index (χ0v) is 11.1. The van der Waals surface area contributed by atoms with Crippen LogP contribution in [0.15, 0.2) is 18.3 Å². The molecule has 0 atom stereocenters. The number of ether oxygens (including phenoxy) is 1. The molecule has 102 valence electrons. The molecular weight excluding hydrogens is 244 g/mol. The average Bonchev–Trinajstić information content (AvgIpc) is 2.99. The van der Waals surface area contributed by atoms with Crippen molar-refractivity contribution in [3.05, 3.63) is 35.2 Å². The average molecular weight is 262 g/mol. The van der Waals surface area contributed by atoms with E-state index in [4.69, 9.17) is 9.84 Å². The lowest BCUT2D eigenvalue weighted by atomic mass is 10.0. The molecule has 0 saturated carbocycles. The summed E-state index contributed by atoms with van der Waals surface area (Å²) >= 11 is 0. The molecule has 0 amide bonds. The van der Waals surface area contributed by atoms with Crippen molar-refractivity contribution in [1.29, 1.82) is 0 Å². The van der Waals surface area contributed by atoms with Crippen LogP contribution in [-0.4, -0.2) is 34.3 Å². The van der Waals surface area contributed by atoms with Crippen LogP contribution >= 0.6 is 0 Å². The van der Waals surface area contributed by atoms with Crippen molar-refractivity contribution in [3.8, 4) is 11.4 Å². The highest BCUT2D eigenvalue weighted by Crippen LogP contribution is 2.28. The Bertz CT molecular complexity index is 556. The number of rotatable bonds is 5. The van der Waals surface area contributed by atoms with Crippen molar-refractivity contribution in [2.24, 2.45) is 0 Å². The Morgan fingerprint density at radius 1 is 1.47 bits per heavy atom. The second-order valence-electron chi connectivity index (χ2n) is 4.26. The van der Waals surface area contributed by atoms with Crippen molar-refractivity contribution < 1.29 is 14.6 Å². The van der Waals surface area contributed by atoms with E-state index < -0.39 is 0 Å². The fourth-order valence-corrected chi connectivity index (χ4v) is 2.20. The van der Waals surface area contributed by atoms with Crippen LogP contribution in [0.3, 0.4) is 0 Å². The molecule has 0 spiro atoms. The maximum atomic E-state index is 12.1. The summed E-state index contributed by atoms with van der Waals surface area (Å²) in [6, 6.07) is 3.75. The van der Waals surface area contributed by atoms with Gasteiger partial charge in [0.05, 0.1) is 23.6 Å². The molecule has 0 unspecified atom stereocenters. The second-order valence-corrected chi connectivity index (χ2v) is 4.26. The Balaban J connectivity index is 2.54. The molecule has 0 saturated heterocycles. The summed E-state index contributed by atoms with van der Waals surface area (Å²) in [4.78, 5) is 18.4. The minimum atomic E-state index is -0.361. The molecule has 0 aliphatic heterocycles. The standard InChI is InChI=1S/C14H18N2O3/c1-3-19-14(18)12-10(6-8-17)9(2)16-13(12)11-5-4-7-15-11/h4-5,7,15-17H,3,6,8H2,1-2H3. The van der Waals surface area contributed by atoms with Gasteiger partial charge >= 0.3 is 5.97 Å². The van der Waals surface area contributed by atoms with E-state index in [1.54, 1.807) is 13.1 Å². The number of nitrogens with one attached hydrogen (secondary N) is 2. The quantitative estimate of drug-likeness (QED) is 0.721. The van der Waals surface area contributed by atoms with Crippen LogP contribution in [0, 0.1) is 6.92 Å². The third kappa shape index (κ3) is 2.56. The molecule has 5 heteroatoms. The number of carbonyl (C=O) groups excluding carboxylic acids is 1. The first-order valence-corrected chi connectivity index (χ1v) is 6.32. The number of hydrogen-bond acceptors (Lipinski definition) is 3. The third-order valence-electron chi connectivity index (χ3n) is 3.03. The summed E-state index contributed by atoms with van der Waals surface area (Å²) in [5.41, 5.74) is 3.74. The van der Waals surface area contributed by atoms with E-state index in [2.05, 4.69) is 9.97 Å². The largest absolute Gasteiger partial charge is 0.462 e. The normalized spacial score (nSPS) is 10.7. The first-order valence-electron chi connectivity index (χ1n) is 6.32. The number of carbonyl (C=O) groups is 1. The number of aryl methyl sites for hydroxylation is 1. The van der Waals surface area contributed by atoms with Crippen molar-refractivity contribution in [2.45, 2.75) is 20.3 Å². The number of aliphatic hydroxyl groups is 1. The number of aliphatic hydroxyl groups excluding tert-OH is 1. The topological polar surface area (TPSA) is 78.1 Å². The summed E-state index contributed by atoms with van der Waals surface area (Å²) in [5, 5.41) is 9.15. The Kier molecular flexibility index (Phi) is 4.06. The third-order valence-corrected chi connectivity index (χ3v) is 3.03. The molecule has 0 radical (unpaired) electrons.